The van der Waals surface area contributed by atoms with Crippen molar-refractivity contribution < 1.29 is 22.0 Å². The Morgan fingerprint density at radius 1 is 0.773 bits per heavy atom. The minimum atomic E-state index is -2.17. The van der Waals surface area contributed by atoms with Crippen LogP contribution >= 0.6 is 11.3 Å². The fourth-order valence-corrected chi connectivity index (χ4v) is 3.30. The highest BCUT2D eigenvalue weighted by atomic mass is 32.1. The number of nitrogens with zero attached hydrogens (tertiary/aromatic N) is 1. The number of fused-ring (bicyclic) bond motifs is 1. The predicted molar refractivity (Wildman–Crippen MR) is 74.3 cm³/mol. The summed E-state index contributed by atoms with van der Waals surface area (Å²) in [5.74, 6) is -9.85. The molecule has 7 heteroatoms. The zero-order chi connectivity index (χ0) is 16.2. The van der Waals surface area contributed by atoms with Gasteiger partial charge in [-0.1, -0.05) is 12.1 Å². The van der Waals surface area contributed by atoms with Crippen molar-refractivity contribution in [1.29, 1.82) is 0 Å². The van der Waals surface area contributed by atoms with Gasteiger partial charge in [0.1, 0.15) is 5.01 Å². The topological polar surface area (TPSA) is 12.9 Å². The van der Waals surface area contributed by atoms with E-state index in [0.717, 1.165) is 22.5 Å². The van der Waals surface area contributed by atoms with Crippen molar-refractivity contribution in [2.24, 2.45) is 0 Å². The Kier molecular flexibility index (Phi) is 3.40. The fourth-order valence-electron chi connectivity index (χ4n) is 2.16. The predicted octanol–water partition coefficient (Wildman–Crippen LogP) is 5.28. The van der Waals surface area contributed by atoms with E-state index in [4.69, 9.17) is 0 Å². The Labute approximate surface area is 126 Å². The largest absolute Gasteiger partial charge is 0.236 e. The molecule has 0 fully saturated rings. The van der Waals surface area contributed by atoms with Gasteiger partial charge in [-0.25, -0.2) is 26.9 Å². The van der Waals surface area contributed by atoms with Crippen LogP contribution in [0.4, 0.5) is 22.0 Å². The van der Waals surface area contributed by atoms with Crippen molar-refractivity contribution in [3.8, 4) is 10.6 Å². The average Bonchev–Trinajstić information content (AvgIpc) is 2.93. The van der Waals surface area contributed by atoms with E-state index in [-0.39, 0.29) is 5.01 Å². The zero-order valence-corrected chi connectivity index (χ0v) is 12.2. The van der Waals surface area contributed by atoms with E-state index >= 15 is 0 Å². The molecule has 0 amide bonds. The van der Waals surface area contributed by atoms with E-state index < -0.39 is 34.6 Å². The molecule has 0 unspecified atom stereocenters. The van der Waals surface area contributed by atoms with Crippen LogP contribution in [-0.2, 0) is 0 Å². The summed E-state index contributed by atoms with van der Waals surface area (Å²) in [5.41, 5.74) is 1.07. The molecule has 0 saturated heterocycles. The van der Waals surface area contributed by atoms with Gasteiger partial charge in [0.15, 0.2) is 23.3 Å². The number of hydrogen-bond acceptors (Lipinski definition) is 2. The molecule has 1 nitrogen and oxygen atoms in total. The number of aromatic nitrogens is 1. The molecule has 2 aromatic carbocycles. The molecule has 0 aliphatic carbocycles. The Morgan fingerprint density at radius 3 is 1.82 bits per heavy atom. The molecule has 3 aromatic rings. The first-order valence-electron chi connectivity index (χ1n) is 6.21. The molecule has 0 aliphatic rings. The van der Waals surface area contributed by atoms with Crippen LogP contribution in [0.3, 0.4) is 0 Å². The van der Waals surface area contributed by atoms with Crippen LogP contribution < -0.4 is 0 Å². The summed E-state index contributed by atoms with van der Waals surface area (Å²) >= 11 is 0.896. The number of thiazole rings is 1. The first-order chi connectivity index (χ1) is 10.3. The minimum Gasteiger partial charge on any atom is -0.236 e. The Hall–Kier alpha value is -2.02. The molecule has 0 bridgehead atoms. The van der Waals surface area contributed by atoms with Crippen LogP contribution in [0.1, 0.15) is 11.1 Å². The van der Waals surface area contributed by atoms with Gasteiger partial charge in [0, 0.05) is 0 Å². The standard InChI is InChI=1S/C15H8F5NS/c1-5-3-4-6(2)14-13(5)21-15(22-14)7-8(16)10(18)12(20)11(19)9(7)17/h3-4H,1-2H3. The molecule has 0 radical (unpaired) electrons. The second-order valence-corrected chi connectivity index (χ2v) is 5.84. The van der Waals surface area contributed by atoms with Crippen LogP contribution in [0.25, 0.3) is 20.8 Å². The summed E-state index contributed by atoms with van der Waals surface area (Å²) in [7, 11) is 0. The highest BCUT2D eigenvalue weighted by Crippen LogP contribution is 2.38. The quantitative estimate of drug-likeness (QED) is 0.336. The van der Waals surface area contributed by atoms with Gasteiger partial charge in [-0.05, 0) is 25.0 Å². The van der Waals surface area contributed by atoms with Crippen molar-refractivity contribution >= 4 is 21.6 Å². The monoisotopic (exact) mass is 329 g/mol. The van der Waals surface area contributed by atoms with Gasteiger partial charge < -0.3 is 0 Å². The van der Waals surface area contributed by atoms with Gasteiger partial charge >= 0.3 is 0 Å². The van der Waals surface area contributed by atoms with Crippen molar-refractivity contribution in [2.75, 3.05) is 0 Å². The molecule has 1 aromatic heterocycles. The van der Waals surface area contributed by atoms with E-state index in [0.29, 0.717) is 10.2 Å². The van der Waals surface area contributed by atoms with E-state index in [1.54, 1.807) is 26.0 Å². The van der Waals surface area contributed by atoms with Gasteiger partial charge in [-0.15, -0.1) is 11.3 Å². The molecular weight excluding hydrogens is 321 g/mol. The molecule has 0 aliphatic heterocycles. The molecule has 114 valence electrons. The third-order valence-electron chi connectivity index (χ3n) is 3.37. The van der Waals surface area contributed by atoms with E-state index in [1.165, 1.54) is 0 Å². The fraction of sp³-hybridized carbons (Fsp3) is 0.133. The normalized spacial score (nSPS) is 11.4. The van der Waals surface area contributed by atoms with Gasteiger partial charge in [0.05, 0.1) is 15.8 Å². The van der Waals surface area contributed by atoms with Crippen molar-refractivity contribution in [2.45, 2.75) is 13.8 Å². The maximum Gasteiger partial charge on any atom is 0.200 e. The van der Waals surface area contributed by atoms with Crippen LogP contribution in [0.2, 0.25) is 0 Å². The maximum absolute atomic E-state index is 13.9. The van der Waals surface area contributed by atoms with Crippen LogP contribution in [0.15, 0.2) is 12.1 Å². The summed E-state index contributed by atoms with van der Waals surface area (Å²) in [6, 6.07) is 3.58. The van der Waals surface area contributed by atoms with Gasteiger partial charge in [-0.3, -0.25) is 0 Å². The number of benzene rings is 2. The minimum absolute atomic E-state index is 0.236. The molecule has 22 heavy (non-hydrogen) atoms. The number of rotatable bonds is 1. The van der Waals surface area contributed by atoms with Crippen LogP contribution in [-0.4, -0.2) is 4.98 Å². The summed E-state index contributed by atoms with van der Waals surface area (Å²) in [4.78, 5) is 4.06. The lowest BCUT2D eigenvalue weighted by Gasteiger charge is -2.05. The summed E-state index contributed by atoms with van der Waals surface area (Å²) in [6.07, 6.45) is 0. The number of hydrogen-bond donors (Lipinski definition) is 0. The highest BCUT2D eigenvalue weighted by molar-refractivity contribution is 7.21. The molecule has 0 saturated carbocycles. The Bertz CT molecular complexity index is 848. The lowest BCUT2D eigenvalue weighted by atomic mass is 10.1. The lowest BCUT2D eigenvalue weighted by Crippen LogP contribution is -2.03. The first kappa shape index (κ1) is 14.9. The second kappa shape index (κ2) is 5.01. The average molecular weight is 329 g/mol. The second-order valence-electron chi connectivity index (χ2n) is 4.84. The lowest BCUT2D eigenvalue weighted by molar-refractivity contribution is 0.381. The van der Waals surface area contributed by atoms with Gasteiger partial charge in [-0.2, -0.15) is 0 Å². The van der Waals surface area contributed by atoms with Gasteiger partial charge in [0.2, 0.25) is 5.82 Å². The third-order valence-corrected chi connectivity index (χ3v) is 4.57. The maximum atomic E-state index is 13.9. The molecular formula is C15H8F5NS. The Morgan fingerprint density at radius 2 is 1.27 bits per heavy atom. The van der Waals surface area contributed by atoms with Gasteiger partial charge in [0.25, 0.3) is 0 Å². The number of halogens is 5. The van der Waals surface area contributed by atoms with Crippen molar-refractivity contribution in [3.63, 3.8) is 0 Å². The van der Waals surface area contributed by atoms with Crippen molar-refractivity contribution in [3.05, 3.63) is 52.3 Å². The summed E-state index contributed by atoms with van der Waals surface area (Å²) in [6.45, 7) is 3.53. The molecule has 0 spiro atoms. The summed E-state index contributed by atoms with van der Waals surface area (Å²) < 4.78 is 68.1. The van der Waals surface area contributed by atoms with Crippen molar-refractivity contribution in [1.82, 2.24) is 4.98 Å². The highest BCUT2D eigenvalue weighted by Gasteiger charge is 2.28. The SMILES string of the molecule is Cc1ccc(C)c2sc(-c3c(F)c(F)c(F)c(F)c3F)nc12. The molecule has 0 N–H and O–H groups in total. The van der Waals surface area contributed by atoms with Crippen LogP contribution in [0.5, 0.6) is 0 Å². The van der Waals surface area contributed by atoms with Crippen LogP contribution in [0, 0.1) is 42.9 Å². The zero-order valence-electron chi connectivity index (χ0n) is 11.4. The molecule has 3 rings (SSSR count). The van der Waals surface area contributed by atoms with E-state index in [2.05, 4.69) is 4.98 Å². The smallest absolute Gasteiger partial charge is 0.200 e. The third kappa shape index (κ3) is 1.99. The summed E-state index contributed by atoms with van der Waals surface area (Å²) in [5, 5.41) is -0.236. The molecule has 1 heterocycles. The molecule has 0 atom stereocenters. The van der Waals surface area contributed by atoms with E-state index in [9.17, 15) is 22.0 Å². The first-order valence-corrected chi connectivity index (χ1v) is 7.03. The number of aryl methyl sites for hydroxylation is 2. The van der Waals surface area contributed by atoms with E-state index in [1.807, 2.05) is 0 Å². The Balaban J connectivity index is 2.38.